The van der Waals surface area contributed by atoms with E-state index in [1.54, 1.807) is 31.2 Å². The van der Waals surface area contributed by atoms with Gasteiger partial charge in [-0.25, -0.2) is 9.67 Å². The number of aromatic nitrogens is 3. The van der Waals surface area contributed by atoms with Crippen LogP contribution in [0.4, 0.5) is 5.69 Å². The molecule has 0 radical (unpaired) electrons. The van der Waals surface area contributed by atoms with Crippen LogP contribution in [-0.4, -0.2) is 32.5 Å². The largest absolute Gasteiger partial charge is 0.319 e. The van der Waals surface area contributed by atoms with Crippen molar-refractivity contribution >= 4 is 66.9 Å². The van der Waals surface area contributed by atoms with Crippen LogP contribution in [0, 0.1) is 6.92 Å². The Balaban J connectivity index is 1.99. The number of rotatable bonds is 4. The molecular formula is C19H15Br2ClN6O3. The van der Waals surface area contributed by atoms with Crippen molar-refractivity contribution in [1.29, 1.82) is 0 Å². The van der Waals surface area contributed by atoms with Gasteiger partial charge in [0.05, 0.1) is 16.3 Å². The second-order valence-electron chi connectivity index (χ2n) is 6.33. The molecule has 12 heteroatoms. The number of nitrogens with one attached hydrogen (secondary N) is 3. The molecule has 0 unspecified atom stereocenters. The van der Waals surface area contributed by atoms with Gasteiger partial charge in [-0.05, 0) is 68.6 Å². The van der Waals surface area contributed by atoms with Crippen molar-refractivity contribution < 1.29 is 14.4 Å². The second-order valence-corrected chi connectivity index (χ2v) is 8.41. The number of hydrogen-bond donors (Lipinski definition) is 3. The molecule has 0 aliphatic carbocycles. The first-order chi connectivity index (χ1) is 14.7. The van der Waals surface area contributed by atoms with Gasteiger partial charge in [0.1, 0.15) is 10.3 Å². The smallest absolute Gasteiger partial charge is 0.274 e. The highest BCUT2D eigenvalue weighted by molar-refractivity contribution is 9.10. The van der Waals surface area contributed by atoms with E-state index in [0.717, 1.165) is 5.56 Å². The molecule has 0 fully saturated rings. The third kappa shape index (κ3) is 5.30. The van der Waals surface area contributed by atoms with E-state index in [0.29, 0.717) is 14.1 Å². The third-order valence-corrected chi connectivity index (χ3v) is 5.23. The van der Waals surface area contributed by atoms with Gasteiger partial charge in [-0.15, -0.1) is 0 Å². The summed E-state index contributed by atoms with van der Waals surface area (Å²) < 4.78 is 2.17. The zero-order valence-corrected chi connectivity index (χ0v) is 20.1. The predicted octanol–water partition coefficient (Wildman–Crippen LogP) is 3.79. The summed E-state index contributed by atoms with van der Waals surface area (Å²) in [5.41, 5.74) is 5.78. The first-order valence-corrected chi connectivity index (χ1v) is 10.7. The number of nitrogens with zero attached hydrogens (tertiary/aromatic N) is 3. The topological polar surface area (TPSA) is 118 Å². The fourth-order valence-corrected chi connectivity index (χ4v) is 3.90. The molecule has 3 amide bonds. The molecule has 9 nitrogen and oxygen atoms in total. The number of anilines is 1. The molecule has 0 aliphatic heterocycles. The van der Waals surface area contributed by atoms with Crippen LogP contribution in [0.25, 0.3) is 5.82 Å². The lowest BCUT2D eigenvalue weighted by Gasteiger charge is -2.15. The summed E-state index contributed by atoms with van der Waals surface area (Å²) in [6.45, 7) is 3.05. The minimum atomic E-state index is -0.600. The average molecular weight is 571 g/mol. The van der Waals surface area contributed by atoms with Gasteiger partial charge in [0.25, 0.3) is 11.8 Å². The minimum Gasteiger partial charge on any atom is -0.319 e. The SMILES string of the molecule is CC(=O)NNC(=O)c1cc(C)cc(Br)c1NC(=O)c1cc(Br)nn1-c1ncccc1Cl. The molecular weight excluding hydrogens is 556 g/mol. The van der Waals surface area contributed by atoms with E-state index in [2.05, 4.69) is 58.1 Å². The lowest BCUT2D eigenvalue weighted by Crippen LogP contribution is -2.40. The normalized spacial score (nSPS) is 10.5. The summed E-state index contributed by atoms with van der Waals surface area (Å²) in [5, 5.41) is 7.26. The fourth-order valence-electron chi connectivity index (χ4n) is 2.65. The van der Waals surface area contributed by atoms with Crippen LogP contribution in [0.1, 0.15) is 33.3 Å². The third-order valence-electron chi connectivity index (χ3n) is 3.92. The van der Waals surface area contributed by atoms with Gasteiger partial charge >= 0.3 is 0 Å². The molecule has 2 aromatic heterocycles. The van der Waals surface area contributed by atoms with Crippen LogP contribution in [0.2, 0.25) is 5.02 Å². The second kappa shape index (κ2) is 9.58. The Hall–Kier alpha value is -2.76. The number of amides is 3. The number of aryl methyl sites for hydroxylation is 1. The number of pyridine rings is 1. The van der Waals surface area contributed by atoms with E-state index < -0.39 is 17.7 Å². The maximum atomic E-state index is 13.1. The molecule has 0 spiro atoms. The van der Waals surface area contributed by atoms with Crippen molar-refractivity contribution in [1.82, 2.24) is 25.6 Å². The lowest BCUT2D eigenvalue weighted by atomic mass is 10.1. The van der Waals surface area contributed by atoms with Crippen LogP contribution in [0.3, 0.4) is 0 Å². The van der Waals surface area contributed by atoms with Crippen LogP contribution < -0.4 is 16.2 Å². The zero-order chi connectivity index (χ0) is 22.7. The van der Waals surface area contributed by atoms with Gasteiger partial charge < -0.3 is 5.32 Å². The number of benzene rings is 1. The number of hydrazine groups is 1. The number of hydrogen-bond acceptors (Lipinski definition) is 5. The number of carbonyl (C=O) groups excluding carboxylic acids is 3. The quantitative estimate of drug-likeness (QED) is 0.413. The van der Waals surface area contributed by atoms with Crippen molar-refractivity contribution in [3.63, 3.8) is 0 Å². The molecule has 31 heavy (non-hydrogen) atoms. The van der Waals surface area contributed by atoms with E-state index in [1.807, 2.05) is 0 Å². The molecule has 0 atom stereocenters. The maximum absolute atomic E-state index is 13.1. The molecule has 0 saturated carbocycles. The molecule has 0 saturated heterocycles. The van der Waals surface area contributed by atoms with Crippen LogP contribution in [0.15, 0.2) is 45.6 Å². The highest BCUT2D eigenvalue weighted by atomic mass is 79.9. The fraction of sp³-hybridized carbons (Fsp3) is 0.105. The first-order valence-electron chi connectivity index (χ1n) is 8.72. The van der Waals surface area contributed by atoms with Crippen LogP contribution >= 0.6 is 43.5 Å². The summed E-state index contributed by atoms with van der Waals surface area (Å²) in [6, 6.07) is 8.11. The Labute approximate surface area is 198 Å². The van der Waals surface area contributed by atoms with Crippen molar-refractivity contribution in [2.45, 2.75) is 13.8 Å². The Morgan fingerprint density at radius 1 is 1.10 bits per heavy atom. The number of halogens is 3. The summed E-state index contributed by atoms with van der Waals surface area (Å²) in [5.74, 6) is -1.33. The minimum absolute atomic E-state index is 0.133. The van der Waals surface area contributed by atoms with E-state index in [1.165, 1.54) is 23.9 Å². The van der Waals surface area contributed by atoms with Gasteiger partial charge in [0.15, 0.2) is 5.82 Å². The Bertz CT molecular complexity index is 1200. The van der Waals surface area contributed by atoms with Gasteiger partial charge in [0.2, 0.25) is 5.91 Å². The standard InChI is InChI=1S/C19H15Br2ClN6O3/c1-9-6-11(18(30)26-25-10(2)29)16(12(20)7-9)24-19(31)14-8-15(21)27-28(14)17-13(22)4-3-5-23-17/h3-8H,1-2H3,(H,24,31)(H,25,29)(H,26,30). The molecule has 0 bridgehead atoms. The predicted molar refractivity (Wildman–Crippen MR) is 122 cm³/mol. The Kier molecular flexibility index (Phi) is 7.08. The molecule has 3 N–H and O–H groups in total. The summed E-state index contributed by atoms with van der Waals surface area (Å²) in [6.07, 6.45) is 1.53. The van der Waals surface area contributed by atoms with E-state index in [-0.39, 0.29) is 22.8 Å². The van der Waals surface area contributed by atoms with Crippen LogP contribution in [0.5, 0.6) is 0 Å². The van der Waals surface area contributed by atoms with Gasteiger partial charge in [-0.3, -0.25) is 25.2 Å². The van der Waals surface area contributed by atoms with Crippen molar-refractivity contribution in [2.24, 2.45) is 0 Å². The van der Waals surface area contributed by atoms with Gasteiger partial charge in [-0.2, -0.15) is 5.10 Å². The van der Waals surface area contributed by atoms with E-state index >= 15 is 0 Å². The van der Waals surface area contributed by atoms with Crippen molar-refractivity contribution in [3.8, 4) is 5.82 Å². The summed E-state index contributed by atoms with van der Waals surface area (Å²) in [4.78, 5) is 41.0. The monoisotopic (exact) mass is 568 g/mol. The molecule has 2 heterocycles. The summed E-state index contributed by atoms with van der Waals surface area (Å²) in [7, 11) is 0. The van der Waals surface area contributed by atoms with Crippen molar-refractivity contribution in [3.05, 3.63) is 67.4 Å². The summed E-state index contributed by atoms with van der Waals surface area (Å²) >= 11 is 12.8. The molecule has 160 valence electrons. The van der Waals surface area contributed by atoms with Gasteiger partial charge in [0, 0.05) is 23.7 Å². The Morgan fingerprint density at radius 3 is 2.52 bits per heavy atom. The first kappa shape index (κ1) is 22.9. The Morgan fingerprint density at radius 2 is 1.84 bits per heavy atom. The number of carbonyl (C=O) groups is 3. The highest BCUT2D eigenvalue weighted by Crippen LogP contribution is 2.30. The average Bonchev–Trinajstić information content (AvgIpc) is 3.09. The molecule has 3 rings (SSSR count). The lowest BCUT2D eigenvalue weighted by molar-refractivity contribution is -0.119. The maximum Gasteiger partial charge on any atom is 0.274 e. The van der Waals surface area contributed by atoms with Crippen molar-refractivity contribution in [2.75, 3.05) is 5.32 Å². The van der Waals surface area contributed by atoms with Gasteiger partial charge in [-0.1, -0.05) is 11.6 Å². The van der Waals surface area contributed by atoms with Crippen LogP contribution in [-0.2, 0) is 4.79 Å². The molecule has 1 aromatic carbocycles. The highest BCUT2D eigenvalue weighted by Gasteiger charge is 2.22. The zero-order valence-electron chi connectivity index (χ0n) is 16.2. The van der Waals surface area contributed by atoms with E-state index in [9.17, 15) is 14.4 Å². The molecule has 3 aromatic rings. The van der Waals surface area contributed by atoms with E-state index in [4.69, 9.17) is 11.6 Å². The molecule has 0 aliphatic rings.